The molecule has 1 N–H and O–H groups in total. The number of carbonyl (C=O) groups excluding carboxylic acids is 2. The number of amides is 2. The number of halogens is 3. The number of carbonyl (C=O) groups is 2. The van der Waals surface area contributed by atoms with Gasteiger partial charge in [-0.2, -0.15) is 0 Å². The molecular weight excluding hydrogens is 636 g/mol. The summed E-state index contributed by atoms with van der Waals surface area (Å²) in [5, 5.41) is 3.18. The molecule has 0 fully saturated rings. The Balaban J connectivity index is 1.85. The Morgan fingerprint density at radius 3 is 2.09 bits per heavy atom. The molecule has 0 spiro atoms. The fourth-order valence-electron chi connectivity index (χ4n) is 4.73. The van der Waals surface area contributed by atoms with Crippen LogP contribution in [0.5, 0.6) is 0 Å². The topological polar surface area (TPSA) is 86.8 Å². The predicted octanol–water partition coefficient (Wildman–Crippen LogP) is 6.88. The largest absolute Gasteiger partial charge is 0.350 e. The zero-order valence-electron chi connectivity index (χ0n) is 25.1. The molecule has 0 aliphatic rings. The first-order valence-electron chi connectivity index (χ1n) is 14.2. The van der Waals surface area contributed by atoms with Crippen LogP contribution in [0.25, 0.3) is 0 Å². The molecule has 236 valence electrons. The lowest BCUT2D eigenvalue weighted by Crippen LogP contribution is -2.56. The molecule has 0 saturated carbocycles. The summed E-state index contributed by atoms with van der Waals surface area (Å²) in [6.07, 6.45) is 0.0896. The standard InChI is InChI=1S/C34H34Cl2FN3O4S/c1-34(2,3)38-33(42)31(20-24-12-6-4-7-13-24)39(22-25-14-10-11-17-29(25)37)32(41)23-40(30-21-26(35)18-19-28(30)36)45(43,44)27-15-8-5-9-16-27/h4-19,21,31H,20,22-23H2,1-3H3,(H,38,42)/t31-/m0/s1. The van der Waals surface area contributed by atoms with Crippen molar-refractivity contribution in [2.24, 2.45) is 0 Å². The van der Waals surface area contributed by atoms with Crippen molar-refractivity contribution in [2.75, 3.05) is 10.8 Å². The fourth-order valence-corrected chi connectivity index (χ4v) is 6.61. The van der Waals surface area contributed by atoms with Crippen LogP contribution in [0.1, 0.15) is 31.9 Å². The third-order valence-corrected chi connectivity index (χ3v) is 9.18. The van der Waals surface area contributed by atoms with E-state index in [0.717, 1.165) is 9.87 Å². The maximum absolute atomic E-state index is 15.0. The average molecular weight is 671 g/mol. The minimum atomic E-state index is -4.37. The van der Waals surface area contributed by atoms with Crippen molar-refractivity contribution in [3.8, 4) is 0 Å². The van der Waals surface area contributed by atoms with Crippen LogP contribution in [-0.2, 0) is 32.6 Å². The highest BCUT2D eigenvalue weighted by Crippen LogP contribution is 2.33. The summed E-state index contributed by atoms with van der Waals surface area (Å²) in [5.41, 5.74) is 0.233. The average Bonchev–Trinajstić information content (AvgIpc) is 2.99. The van der Waals surface area contributed by atoms with Gasteiger partial charge in [0.15, 0.2) is 0 Å². The molecule has 0 radical (unpaired) electrons. The van der Waals surface area contributed by atoms with E-state index in [1.54, 1.807) is 24.3 Å². The van der Waals surface area contributed by atoms with E-state index >= 15 is 4.39 Å². The van der Waals surface area contributed by atoms with Gasteiger partial charge in [-0.15, -0.1) is 0 Å². The Labute approximate surface area is 273 Å². The zero-order valence-corrected chi connectivity index (χ0v) is 27.4. The third kappa shape index (κ3) is 8.84. The van der Waals surface area contributed by atoms with Gasteiger partial charge in [-0.3, -0.25) is 13.9 Å². The van der Waals surface area contributed by atoms with Crippen LogP contribution in [0.2, 0.25) is 10.0 Å². The number of sulfonamides is 1. The van der Waals surface area contributed by atoms with Gasteiger partial charge in [0.05, 0.1) is 15.6 Å². The lowest BCUT2D eigenvalue weighted by atomic mass is 10.0. The summed E-state index contributed by atoms with van der Waals surface area (Å²) >= 11 is 12.7. The smallest absolute Gasteiger partial charge is 0.264 e. The summed E-state index contributed by atoms with van der Waals surface area (Å²) in [6, 6.07) is 25.8. The quantitative estimate of drug-likeness (QED) is 0.189. The van der Waals surface area contributed by atoms with Crippen molar-refractivity contribution >= 4 is 50.7 Å². The first-order chi connectivity index (χ1) is 21.3. The molecule has 0 heterocycles. The first-order valence-corrected chi connectivity index (χ1v) is 16.4. The second-order valence-electron chi connectivity index (χ2n) is 11.5. The SMILES string of the molecule is CC(C)(C)NC(=O)[C@H](Cc1ccccc1)N(Cc1ccccc1F)C(=O)CN(c1cc(Cl)ccc1Cl)S(=O)(=O)c1ccccc1. The van der Waals surface area contributed by atoms with Crippen LogP contribution < -0.4 is 9.62 Å². The van der Waals surface area contributed by atoms with Crippen molar-refractivity contribution in [1.82, 2.24) is 10.2 Å². The highest BCUT2D eigenvalue weighted by atomic mass is 35.5. The molecule has 0 aliphatic heterocycles. The van der Waals surface area contributed by atoms with Crippen LogP contribution in [-0.4, -0.2) is 43.3 Å². The van der Waals surface area contributed by atoms with E-state index in [-0.39, 0.29) is 39.2 Å². The van der Waals surface area contributed by atoms with E-state index < -0.39 is 45.8 Å². The minimum Gasteiger partial charge on any atom is -0.350 e. The molecule has 1 atom stereocenters. The van der Waals surface area contributed by atoms with E-state index in [1.165, 1.54) is 53.4 Å². The first kappa shape index (κ1) is 34.0. The van der Waals surface area contributed by atoms with Gasteiger partial charge in [0, 0.05) is 29.1 Å². The Morgan fingerprint density at radius 2 is 1.47 bits per heavy atom. The van der Waals surface area contributed by atoms with Crippen molar-refractivity contribution in [1.29, 1.82) is 0 Å². The normalized spacial score (nSPS) is 12.3. The van der Waals surface area contributed by atoms with Gasteiger partial charge >= 0.3 is 0 Å². The maximum Gasteiger partial charge on any atom is 0.264 e. The molecule has 7 nitrogen and oxygen atoms in total. The molecule has 4 aromatic carbocycles. The molecule has 0 unspecified atom stereocenters. The second-order valence-corrected chi connectivity index (χ2v) is 14.2. The number of benzene rings is 4. The van der Waals surface area contributed by atoms with Crippen molar-refractivity contribution in [3.05, 3.63) is 130 Å². The van der Waals surface area contributed by atoms with Crippen LogP contribution in [0.15, 0.2) is 108 Å². The molecule has 4 rings (SSSR count). The molecule has 0 bridgehead atoms. The summed E-state index contributed by atoms with van der Waals surface area (Å²) in [6.45, 7) is 4.37. The van der Waals surface area contributed by atoms with Gasteiger partial charge in [-0.1, -0.05) is 89.9 Å². The number of anilines is 1. The van der Waals surface area contributed by atoms with Gasteiger partial charge in [0.2, 0.25) is 11.8 Å². The monoisotopic (exact) mass is 669 g/mol. The highest BCUT2D eigenvalue weighted by molar-refractivity contribution is 7.92. The summed E-state index contributed by atoms with van der Waals surface area (Å²) < 4.78 is 44.0. The van der Waals surface area contributed by atoms with Crippen LogP contribution >= 0.6 is 23.2 Å². The Bertz CT molecular complexity index is 1750. The van der Waals surface area contributed by atoms with Gasteiger partial charge in [0.1, 0.15) is 18.4 Å². The Morgan fingerprint density at radius 1 is 0.867 bits per heavy atom. The molecule has 11 heteroatoms. The van der Waals surface area contributed by atoms with Gasteiger partial charge in [-0.05, 0) is 62.7 Å². The Kier molecular flexibility index (Phi) is 10.9. The van der Waals surface area contributed by atoms with Crippen LogP contribution in [0, 0.1) is 5.82 Å². The molecule has 4 aromatic rings. The van der Waals surface area contributed by atoms with Gasteiger partial charge < -0.3 is 10.2 Å². The van der Waals surface area contributed by atoms with Crippen LogP contribution in [0.3, 0.4) is 0 Å². The van der Waals surface area contributed by atoms with Gasteiger partial charge in [0.25, 0.3) is 10.0 Å². The van der Waals surface area contributed by atoms with Crippen molar-refractivity contribution in [2.45, 2.75) is 50.2 Å². The predicted molar refractivity (Wildman–Crippen MR) is 176 cm³/mol. The van der Waals surface area contributed by atoms with E-state index in [1.807, 2.05) is 51.1 Å². The van der Waals surface area contributed by atoms with E-state index in [2.05, 4.69) is 5.32 Å². The van der Waals surface area contributed by atoms with E-state index in [4.69, 9.17) is 23.2 Å². The molecule has 0 aromatic heterocycles. The zero-order chi connectivity index (χ0) is 32.8. The highest BCUT2D eigenvalue weighted by Gasteiger charge is 2.36. The molecule has 0 aliphatic carbocycles. The third-order valence-electron chi connectivity index (χ3n) is 6.85. The number of hydrogen-bond donors (Lipinski definition) is 1. The number of rotatable bonds is 11. The second kappa shape index (κ2) is 14.5. The van der Waals surface area contributed by atoms with Gasteiger partial charge in [-0.25, -0.2) is 12.8 Å². The molecule has 0 saturated heterocycles. The van der Waals surface area contributed by atoms with E-state index in [0.29, 0.717) is 0 Å². The fraction of sp³-hybridized carbons (Fsp3) is 0.235. The molecule has 45 heavy (non-hydrogen) atoms. The Hall–Kier alpha value is -3.92. The summed E-state index contributed by atoms with van der Waals surface area (Å²) in [7, 11) is -4.37. The van der Waals surface area contributed by atoms with Crippen molar-refractivity contribution in [3.63, 3.8) is 0 Å². The lowest BCUT2D eigenvalue weighted by molar-refractivity contribution is -0.140. The van der Waals surface area contributed by atoms with Crippen molar-refractivity contribution < 1.29 is 22.4 Å². The number of hydrogen-bond acceptors (Lipinski definition) is 4. The molecular formula is C34H34Cl2FN3O4S. The molecule has 2 amide bonds. The van der Waals surface area contributed by atoms with E-state index in [9.17, 15) is 18.0 Å². The lowest BCUT2D eigenvalue weighted by Gasteiger charge is -2.35. The number of nitrogens with one attached hydrogen (secondary N) is 1. The summed E-state index contributed by atoms with van der Waals surface area (Å²) in [4.78, 5) is 29.5. The van der Waals surface area contributed by atoms with Crippen LogP contribution in [0.4, 0.5) is 10.1 Å². The number of nitrogens with zero attached hydrogens (tertiary/aromatic N) is 2. The maximum atomic E-state index is 15.0. The minimum absolute atomic E-state index is 0.0223. The summed E-state index contributed by atoms with van der Waals surface area (Å²) in [5.74, 6) is -1.80.